The molecular weight excluding hydrogens is 626 g/mol. The number of nitrogens with zero attached hydrogens (tertiary/aromatic N) is 1. The second kappa shape index (κ2) is 16.3. The molecule has 0 saturated heterocycles. The number of Topliss-reactive ketones (excluding diaryl/α,β-unsaturated/α-hetero) is 1. The van der Waals surface area contributed by atoms with Crippen LogP contribution in [-0.4, -0.2) is 64.9 Å². The fourth-order valence-electron chi connectivity index (χ4n) is 4.98. The fourth-order valence-corrected chi connectivity index (χ4v) is 4.98. The average molecular weight is 670 g/mol. The van der Waals surface area contributed by atoms with E-state index in [1.807, 2.05) is 0 Å². The van der Waals surface area contributed by atoms with Gasteiger partial charge >= 0.3 is 11.9 Å². The van der Waals surface area contributed by atoms with Gasteiger partial charge in [0.05, 0.1) is 6.61 Å². The summed E-state index contributed by atoms with van der Waals surface area (Å²) in [4.78, 5) is 57.4. The largest absolute Gasteiger partial charge is 0.458 e. The number of esters is 2. The van der Waals surface area contributed by atoms with E-state index in [0.29, 0.717) is 34.7 Å². The van der Waals surface area contributed by atoms with Gasteiger partial charge in [0.2, 0.25) is 0 Å². The number of ketones is 1. The van der Waals surface area contributed by atoms with Gasteiger partial charge in [0.15, 0.2) is 11.5 Å². The monoisotopic (exact) mass is 669 g/mol. The number of carbonyl (C=O) groups is 4. The summed E-state index contributed by atoms with van der Waals surface area (Å²) >= 11 is 0. The highest BCUT2D eigenvalue weighted by Crippen LogP contribution is 2.32. The number of amidine groups is 1. The van der Waals surface area contributed by atoms with Gasteiger partial charge in [-0.15, -0.1) is 0 Å². The van der Waals surface area contributed by atoms with Gasteiger partial charge in [0.1, 0.15) is 30.3 Å². The highest BCUT2D eigenvalue weighted by atomic mass is 16.6. The molecule has 1 saturated carbocycles. The molecule has 2 aromatic carbocycles. The number of hydrogen-bond donors (Lipinski definition) is 5. The van der Waals surface area contributed by atoms with Crippen molar-refractivity contribution in [1.82, 2.24) is 10.3 Å². The quantitative estimate of drug-likeness (QED) is 0.0645. The van der Waals surface area contributed by atoms with Gasteiger partial charge in [-0.2, -0.15) is 0 Å². The maximum atomic E-state index is 13.9. The highest BCUT2D eigenvalue weighted by Gasteiger charge is 2.27. The summed E-state index contributed by atoms with van der Waals surface area (Å²) in [5.74, 6) is -2.18. The van der Waals surface area contributed by atoms with Crippen molar-refractivity contribution in [2.75, 3.05) is 13.2 Å². The minimum atomic E-state index is -0.917. The molecule has 0 aliphatic heterocycles. The molecule has 0 unspecified atom stereocenters. The molecule has 1 fully saturated rings. The zero-order valence-corrected chi connectivity index (χ0v) is 28.0. The number of pyridine rings is 1. The van der Waals surface area contributed by atoms with Gasteiger partial charge in [-0.05, 0) is 78.1 Å². The smallest absolute Gasteiger partial charge is 0.357 e. The molecule has 0 bridgehead atoms. The van der Waals surface area contributed by atoms with Crippen molar-refractivity contribution in [2.45, 2.75) is 58.8 Å². The zero-order valence-electron chi connectivity index (χ0n) is 28.0. The van der Waals surface area contributed by atoms with Crippen molar-refractivity contribution in [3.8, 4) is 11.1 Å². The van der Waals surface area contributed by atoms with Crippen LogP contribution in [0.5, 0.6) is 0 Å². The number of aliphatic hydroxyl groups is 1. The molecule has 12 heteroatoms. The van der Waals surface area contributed by atoms with Crippen LogP contribution < -0.4 is 16.8 Å². The molecule has 0 spiro atoms. The molecule has 258 valence electrons. The predicted octanol–water partition coefficient (Wildman–Crippen LogP) is 3.80. The van der Waals surface area contributed by atoms with E-state index in [1.54, 1.807) is 57.2 Å². The van der Waals surface area contributed by atoms with E-state index in [9.17, 15) is 24.3 Å². The van der Waals surface area contributed by atoms with Crippen LogP contribution in [0.1, 0.15) is 87.2 Å². The summed E-state index contributed by atoms with van der Waals surface area (Å²) in [5, 5.41) is 20.6. The van der Waals surface area contributed by atoms with Crippen LogP contribution in [0.25, 0.3) is 17.2 Å². The molecule has 7 N–H and O–H groups in total. The summed E-state index contributed by atoms with van der Waals surface area (Å²) < 4.78 is 10.9. The van der Waals surface area contributed by atoms with Crippen molar-refractivity contribution in [1.29, 1.82) is 5.41 Å². The van der Waals surface area contributed by atoms with Gasteiger partial charge in [0.25, 0.3) is 5.91 Å². The SMILES string of the molecule is C=Cc1cc(C(=O)Cc2ccc(C(=N)N)cc2)c(-c2ccc(C(=O)NCC3CC3)nc2C(=O)OC[C@H](C)OC(=O)[C@@H](N)C(C)C)cc1CO. The number of nitrogens with one attached hydrogen (secondary N) is 2. The third-order valence-corrected chi connectivity index (χ3v) is 8.22. The number of nitrogens with two attached hydrogens (primary N) is 2. The molecule has 4 rings (SSSR count). The lowest BCUT2D eigenvalue weighted by Gasteiger charge is -2.19. The Labute approximate surface area is 285 Å². The number of benzene rings is 2. The lowest BCUT2D eigenvalue weighted by Crippen LogP contribution is -2.39. The molecule has 1 aliphatic carbocycles. The van der Waals surface area contributed by atoms with Gasteiger partial charge in [-0.25, -0.2) is 9.78 Å². The van der Waals surface area contributed by atoms with E-state index in [4.69, 9.17) is 26.4 Å². The molecule has 1 aromatic heterocycles. The average Bonchev–Trinajstić information content (AvgIpc) is 3.93. The molecule has 1 aliphatic rings. The molecule has 1 heterocycles. The second-order valence-corrected chi connectivity index (χ2v) is 12.5. The number of amides is 1. The van der Waals surface area contributed by atoms with Gasteiger partial charge < -0.3 is 31.4 Å². The number of rotatable bonds is 16. The molecule has 49 heavy (non-hydrogen) atoms. The predicted molar refractivity (Wildman–Crippen MR) is 185 cm³/mol. The Balaban J connectivity index is 1.73. The number of carbonyl (C=O) groups excluding carboxylic acids is 4. The summed E-state index contributed by atoms with van der Waals surface area (Å²) in [6.07, 6.45) is 2.70. The molecule has 3 aromatic rings. The van der Waals surface area contributed by atoms with Crippen LogP contribution in [0, 0.1) is 17.2 Å². The Morgan fingerprint density at radius 3 is 2.37 bits per heavy atom. The fraction of sp³-hybridized carbons (Fsp3) is 0.351. The Morgan fingerprint density at radius 2 is 1.78 bits per heavy atom. The van der Waals surface area contributed by atoms with Crippen LogP contribution in [0.3, 0.4) is 0 Å². The maximum absolute atomic E-state index is 13.9. The Bertz CT molecular complexity index is 1750. The first-order valence-electron chi connectivity index (χ1n) is 16.1. The van der Waals surface area contributed by atoms with E-state index in [-0.39, 0.29) is 65.2 Å². The molecular formula is C37H43N5O7. The molecule has 2 atom stereocenters. The van der Waals surface area contributed by atoms with Crippen LogP contribution in [0.2, 0.25) is 0 Å². The normalized spacial score (nSPS) is 13.7. The minimum absolute atomic E-state index is 0.0257. The Hall–Kier alpha value is -5.20. The summed E-state index contributed by atoms with van der Waals surface area (Å²) in [6.45, 7) is 8.71. The van der Waals surface area contributed by atoms with Gasteiger partial charge in [0, 0.05) is 29.7 Å². The topological polar surface area (TPSA) is 208 Å². The van der Waals surface area contributed by atoms with Gasteiger partial charge in [-0.3, -0.25) is 19.8 Å². The highest BCUT2D eigenvalue weighted by molar-refractivity contribution is 6.07. The van der Waals surface area contributed by atoms with Crippen LogP contribution in [0.15, 0.2) is 55.1 Å². The van der Waals surface area contributed by atoms with E-state index in [0.717, 1.165) is 12.8 Å². The molecule has 12 nitrogen and oxygen atoms in total. The lowest BCUT2D eigenvalue weighted by atomic mass is 9.89. The zero-order chi connectivity index (χ0) is 35.8. The standard InChI is InChI=1S/C37H43N5O7/c1-5-24-15-29(31(44)14-22-8-10-25(11-9-22)34(39)40)28(16-26(24)18-43)27-12-13-30(35(45)41-17-23-6-7-23)42-33(27)37(47)48-19-21(4)49-36(46)32(38)20(2)3/h5,8-13,15-16,20-21,23,32,43H,1,6-7,14,17-19,38H2,2-4H3,(H3,39,40)(H,41,45)/t21-,32-/m0/s1. The van der Waals surface area contributed by atoms with E-state index < -0.39 is 30.0 Å². The Morgan fingerprint density at radius 1 is 1.08 bits per heavy atom. The van der Waals surface area contributed by atoms with Crippen LogP contribution in [0.4, 0.5) is 0 Å². The molecule has 0 radical (unpaired) electrons. The number of nitrogen functional groups attached to an aromatic ring is 1. The van der Waals surface area contributed by atoms with Crippen LogP contribution in [-0.2, 0) is 27.3 Å². The third-order valence-electron chi connectivity index (χ3n) is 8.22. The second-order valence-electron chi connectivity index (χ2n) is 12.5. The lowest BCUT2D eigenvalue weighted by molar-refractivity contribution is -0.152. The third kappa shape index (κ3) is 9.46. The van der Waals surface area contributed by atoms with Crippen molar-refractivity contribution in [3.05, 3.63) is 94.3 Å². The molecule has 1 amide bonds. The van der Waals surface area contributed by atoms with Crippen molar-refractivity contribution >= 4 is 35.5 Å². The van der Waals surface area contributed by atoms with Crippen LogP contribution >= 0.6 is 0 Å². The summed E-state index contributed by atoms with van der Waals surface area (Å²) in [5.41, 5.74) is 14.0. The van der Waals surface area contributed by atoms with E-state index in [2.05, 4.69) is 16.9 Å². The van der Waals surface area contributed by atoms with Crippen molar-refractivity contribution in [2.24, 2.45) is 23.3 Å². The number of ether oxygens (including phenoxy) is 2. The number of hydrogen-bond acceptors (Lipinski definition) is 10. The summed E-state index contributed by atoms with van der Waals surface area (Å²) in [7, 11) is 0. The van der Waals surface area contributed by atoms with E-state index in [1.165, 1.54) is 18.2 Å². The maximum Gasteiger partial charge on any atom is 0.357 e. The first-order valence-corrected chi connectivity index (χ1v) is 16.1. The first-order chi connectivity index (χ1) is 23.3. The van der Waals surface area contributed by atoms with Crippen molar-refractivity contribution < 1.29 is 33.8 Å². The van der Waals surface area contributed by atoms with Gasteiger partial charge in [-0.1, -0.05) is 50.8 Å². The Kier molecular flexibility index (Phi) is 12.2. The summed E-state index contributed by atoms with van der Waals surface area (Å²) in [6, 6.07) is 12.0. The van der Waals surface area contributed by atoms with Crippen molar-refractivity contribution in [3.63, 3.8) is 0 Å². The number of aromatic nitrogens is 1. The minimum Gasteiger partial charge on any atom is -0.458 e. The van der Waals surface area contributed by atoms with E-state index >= 15 is 0 Å². The number of aliphatic hydroxyl groups excluding tert-OH is 1. The first kappa shape index (κ1) is 36.6.